The fourth-order valence-corrected chi connectivity index (χ4v) is 1.32. The van der Waals surface area contributed by atoms with Gasteiger partial charge in [-0.1, -0.05) is 17.2 Å². The van der Waals surface area contributed by atoms with Crippen molar-refractivity contribution in [2.75, 3.05) is 13.1 Å². The van der Waals surface area contributed by atoms with Gasteiger partial charge in [-0.2, -0.15) is 0 Å². The Labute approximate surface area is 109 Å². The van der Waals surface area contributed by atoms with Crippen LogP contribution in [0.25, 0.3) is 10.4 Å². The van der Waals surface area contributed by atoms with Crippen LogP contribution in [0.2, 0.25) is 0 Å². The third-order valence-corrected chi connectivity index (χ3v) is 2.22. The summed E-state index contributed by atoms with van der Waals surface area (Å²) in [5.74, 6) is -0.289. The Morgan fingerprint density at radius 2 is 1.84 bits per heavy atom. The first kappa shape index (κ1) is 14.3. The molecule has 0 saturated heterocycles. The SMILES string of the molecule is [N-]=[N+]=NCc1ccc(C(=O)NCCNC(=O)O)cc1. The van der Waals surface area contributed by atoms with Crippen LogP contribution in [0.3, 0.4) is 0 Å². The molecule has 100 valence electrons. The molecule has 0 saturated carbocycles. The first-order valence-corrected chi connectivity index (χ1v) is 5.48. The van der Waals surface area contributed by atoms with Gasteiger partial charge in [-0.3, -0.25) is 4.79 Å². The molecule has 0 radical (unpaired) electrons. The highest BCUT2D eigenvalue weighted by Gasteiger charge is 2.04. The van der Waals surface area contributed by atoms with Crippen molar-refractivity contribution < 1.29 is 14.7 Å². The molecule has 0 heterocycles. The largest absolute Gasteiger partial charge is 0.465 e. The number of carboxylic acid groups (broad SMARTS) is 1. The molecule has 0 aliphatic heterocycles. The summed E-state index contributed by atoms with van der Waals surface area (Å²) in [6, 6.07) is 6.61. The van der Waals surface area contributed by atoms with Crippen LogP contribution in [0.1, 0.15) is 15.9 Å². The lowest BCUT2D eigenvalue weighted by Crippen LogP contribution is -2.33. The second kappa shape index (κ2) is 7.57. The fourth-order valence-electron chi connectivity index (χ4n) is 1.32. The minimum atomic E-state index is -1.13. The average molecular weight is 263 g/mol. The summed E-state index contributed by atoms with van der Waals surface area (Å²) in [7, 11) is 0. The van der Waals surface area contributed by atoms with E-state index in [4.69, 9.17) is 10.6 Å². The van der Waals surface area contributed by atoms with E-state index in [1.165, 1.54) is 0 Å². The fraction of sp³-hybridized carbons (Fsp3) is 0.273. The lowest BCUT2D eigenvalue weighted by atomic mass is 10.1. The van der Waals surface area contributed by atoms with Crippen LogP contribution >= 0.6 is 0 Å². The van der Waals surface area contributed by atoms with Gasteiger partial charge in [-0.05, 0) is 23.2 Å². The summed E-state index contributed by atoms with van der Waals surface area (Å²) >= 11 is 0. The van der Waals surface area contributed by atoms with Crippen LogP contribution in [-0.4, -0.2) is 30.2 Å². The lowest BCUT2D eigenvalue weighted by molar-refractivity contribution is 0.0953. The number of azide groups is 1. The zero-order chi connectivity index (χ0) is 14.1. The molecule has 0 atom stereocenters. The van der Waals surface area contributed by atoms with Crippen molar-refractivity contribution in [3.05, 3.63) is 45.8 Å². The third-order valence-electron chi connectivity index (χ3n) is 2.22. The van der Waals surface area contributed by atoms with Crippen molar-refractivity contribution in [1.82, 2.24) is 10.6 Å². The van der Waals surface area contributed by atoms with E-state index in [1.54, 1.807) is 24.3 Å². The van der Waals surface area contributed by atoms with E-state index in [0.717, 1.165) is 5.56 Å². The Morgan fingerprint density at radius 3 is 2.42 bits per heavy atom. The monoisotopic (exact) mass is 263 g/mol. The van der Waals surface area contributed by atoms with Crippen molar-refractivity contribution in [2.45, 2.75) is 6.54 Å². The van der Waals surface area contributed by atoms with Gasteiger partial charge in [0, 0.05) is 23.6 Å². The topological polar surface area (TPSA) is 127 Å². The highest BCUT2D eigenvalue weighted by atomic mass is 16.4. The summed E-state index contributed by atoms with van der Waals surface area (Å²) in [6.45, 7) is 0.600. The molecule has 1 aromatic rings. The third kappa shape index (κ3) is 5.42. The molecule has 0 aliphatic rings. The minimum absolute atomic E-state index is 0.149. The van der Waals surface area contributed by atoms with Crippen molar-refractivity contribution in [2.24, 2.45) is 5.11 Å². The second-order valence-corrected chi connectivity index (χ2v) is 3.57. The van der Waals surface area contributed by atoms with E-state index < -0.39 is 6.09 Å². The van der Waals surface area contributed by atoms with Crippen LogP contribution in [0.4, 0.5) is 4.79 Å². The maximum Gasteiger partial charge on any atom is 0.404 e. The molecule has 8 nitrogen and oxygen atoms in total. The Morgan fingerprint density at radius 1 is 1.21 bits per heavy atom. The number of amides is 2. The van der Waals surface area contributed by atoms with Gasteiger partial charge >= 0.3 is 6.09 Å². The highest BCUT2D eigenvalue weighted by Crippen LogP contribution is 2.05. The van der Waals surface area contributed by atoms with Crippen molar-refractivity contribution in [1.29, 1.82) is 0 Å². The summed E-state index contributed by atoms with van der Waals surface area (Å²) < 4.78 is 0. The summed E-state index contributed by atoms with van der Waals surface area (Å²) in [5.41, 5.74) is 9.44. The number of nitrogens with one attached hydrogen (secondary N) is 2. The summed E-state index contributed by atoms with van der Waals surface area (Å²) in [5, 5.41) is 16.5. The number of hydrogen-bond acceptors (Lipinski definition) is 3. The standard InChI is InChI=1S/C11H13N5O3/c12-16-15-7-8-1-3-9(4-2-8)10(17)13-5-6-14-11(18)19/h1-4,14H,5-7H2,(H,13,17)(H,18,19). The quantitative estimate of drug-likeness (QED) is 0.311. The molecular formula is C11H13N5O3. The molecule has 1 aromatic carbocycles. The van der Waals surface area contributed by atoms with E-state index in [0.29, 0.717) is 5.56 Å². The van der Waals surface area contributed by atoms with Crippen LogP contribution in [0.5, 0.6) is 0 Å². The van der Waals surface area contributed by atoms with Crippen molar-refractivity contribution in [3.8, 4) is 0 Å². The summed E-state index contributed by atoms with van der Waals surface area (Å²) in [4.78, 5) is 24.5. The van der Waals surface area contributed by atoms with E-state index >= 15 is 0 Å². The van der Waals surface area contributed by atoms with Crippen LogP contribution < -0.4 is 10.6 Å². The molecule has 0 aromatic heterocycles. The number of rotatable bonds is 6. The van der Waals surface area contributed by atoms with Crippen LogP contribution in [0.15, 0.2) is 29.4 Å². The van der Waals surface area contributed by atoms with Gasteiger partial charge < -0.3 is 15.7 Å². The second-order valence-electron chi connectivity index (χ2n) is 3.57. The first-order chi connectivity index (χ1) is 9.13. The van der Waals surface area contributed by atoms with E-state index in [-0.39, 0.29) is 25.5 Å². The maximum absolute atomic E-state index is 11.6. The molecule has 0 fully saturated rings. The molecule has 19 heavy (non-hydrogen) atoms. The molecule has 0 unspecified atom stereocenters. The van der Waals surface area contributed by atoms with Gasteiger partial charge in [-0.15, -0.1) is 0 Å². The molecule has 0 bridgehead atoms. The van der Waals surface area contributed by atoms with Crippen molar-refractivity contribution >= 4 is 12.0 Å². The van der Waals surface area contributed by atoms with Crippen LogP contribution in [-0.2, 0) is 6.54 Å². The first-order valence-electron chi connectivity index (χ1n) is 5.48. The predicted octanol–water partition coefficient (Wildman–Crippen LogP) is 1.49. The Bertz CT molecular complexity index is 494. The van der Waals surface area contributed by atoms with Crippen molar-refractivity contribution in [3.63, 3.8) is 0 Å². The van der Waals surface area contributed by atoms with E-state index in [1.807, 2.05) is 0 Å². The average Bonchev–Trinajstić information content (AvgIpc) is 2.41. The maximum atomic E-state index is 11.6. The molecular weight excluding hydrogens is 250 g/mol. The van der Waals surface area contributed by atoms with Gasteiger partial charge in [0.25, 0.3) is 5.91 Å². The Kier molecular flexibility index (Phi) is 5.71. The smallest absolute Gasteiger partial charge is 0.404 e. The highest BCUT2D eigenvalue weighted by molar-refractivity contribution is 5.94. The number of benzene rings is 1. The van der Waals surface area contributed by atoms with Gasteiger partial charge in [0.15, 0.2) is 0 Å². The zero-order valence-corrected chi connectivity index (χ0v) is 10.0. The molecule has 3 N–H and O–H groups in total. The normalized spacial score (nSPS) is 9.26. The lowest BCUT2D eigenvalue weighted by Gasteiger charge is -2.05. The molecule has 0 aliphatic carbocycles. The number of carbonyl (C=O) groups is 2. The predicted molar refractivity (Wildman–Crippen MR) is 67.7 cm³/mol. The molecule has 8 heteroatoms. The molecule has 2 amide bonds. The van der Waals surface area contributed by atoms with Crippen LogP contribution in [0, 0.1) is 0 Å². The molecule has 0 spiro atoms. The molecule has 1 rings (SSSR count). The van der Waals surface area contributed by atoms with E-state index in [2.05, 4.69) is 20.7 Å². The van der Waals surface area contributed by atoms with Gasteiger partial charge in [0.1, 0.15) is 0 Å². The number of carbonyl (C=O) groups excluding carboxylic acids is 1. The van der Waals surface area contributed by atoms with Gasteiger partial charge in [0.2, 0.25) is 0 Å². The van der Waals surface area contributed by atoms with E-state index in [9.17, 15) is 9.59 Å². The number of nitrogens with zero attached hydrogens (tertiary/aromatic N) is 3. The zero-order valence-electron chi connectivity index (χ0n) is 10.0. The van der Waals surface area contributed by atoms with Gasteiger partial charge in [-0.25, -0.2) is 4.79 Å². The Balaban J connectivity index is 2.44. The summed E-state index contributed by atoms with van der Waals surface area (Å²) in [6.07, 6.45) is -1.13. The Hall–Kier alpha value is -2.73. The number of hydrogen-bond donors (Lipinski definition) is 3. The minimum Gasteiger partial charge on any atom is -0.465 e. The van der Waals surface area contributed by atoms with Gasteiger partial charge in [0.05, 0.1) is 6.54 Å².